The van der Waals surface area contributed by atoms with Crippen molar-refractivity contribution in [3.63, 3.8) is 0 Å². The molecule has 0 saturated heterocycles. The van der Waals surface area contributed by atoms with Crippen molar-refractivity contribution < 1.29 is 9.59 Å². The maximum atomic E-state index is 11.9. The Morgan fingerprint density at radius 3 is 2.12 bits per heavy atom. The van der Waals surface area contributed by atoms with Gasteiger partial charge in [-0.1, -0.05) is 31.2 Å². The Morgan fingerprint density at radius 1 is 1.06 bits per heavy atom. The monoisotopic (exact) mass is 215 g/mol. The van der Waals surface area contributed by atoms with Crippen LogP contribution in [0.5, 0.6) is 0 Å². The number of amides is 2. The molecule has 16 heavy (non-hydrogen) atoms. The molecule has 1 heterocycles. The van der Waals surface area contributed by atoms with E-state index in [9.17, 15) is 9.59 Å². The molecule has 0 radical (unpaired) electrons. The Kier molecular flexibility index (Phi) is 2.86. The third-order valence-electron chi connectivity index (χ3n) is 2.57. The van der Waals surface area contributed by atoms with Crippen molar-refractivity contribution >= 4 is 11.8 Å². The van der Waals surface area contributed by atoms with Crippen LogP contribution in [0.15, 0.2) is 36.4 Å². The second-order valence-corrected chi connectivity index (χ2v) is 3.65. The Hall–Kier alpha value is -1.90. The van der Waals surface area contributed by atoms with Crippen molar-refractivity contribution in [1.82, 2.24) is 4.90 Å². The summed E-state index contributed by atoms with van der Waals surface area (Å²) < 4.78 is 0. The minimum Gasteiger partial charge on any atom is -0.270 e. The standard InChI is InChI=1S/C13H13NO2/c1-2-3-6-9-14-12(15)10-7-4-5-8-11(10)13(14)16/h3-8H,2,9H2,1H3/b6-3-. The first-order valence-corrected chi connectivity index (χ1v) is 5.36. The molecule has 0 unspecified atom stereocenters. The number of hydrogen-bond acceptors (Lipinski definition) is 2. The molecule has 0 saturated carbocycles. The van der Waals surface area contributed by atoms with E-state index >= 15 is 0 Å². The van der Waals surface area contributed by atoms with Crippen LogP contribution < -0.4 is 0 Å². The number of allylic oxidation sites excluding steroid dienone is 1. The molecule has 0 aromatic heterocycles. The quantitative estimate of drug-likeness (QED) is 0.573. The van der Waals surface area contributed by atoms with Crippen LogP contribution >= 0.6 is 0 Å². The number of benzene rings is 1. The van der Waals surface area contributed by atoms with Crippen LogP contribution in [0.1, 0.15) is 34.1 Å². The molecule has 0 aliphatic carbocycles. The van der Waals surface area contributed by atoms with Crippen molar-refractivity contribution in [2.45, 2.75) is 13.3 Å². The molecule has 0 bridgehead atoms. The molecule has 0 fully saturated rings. The Bertz CT molecular complexity index is 428. The predicted octanol–water partition coefficient (Wildman–Crippen LogP) is 2.25. The number of carbonyl (C=O) groups excluding carboxylic acids is 2. The van der Waals surface area contributed by atoms with E-state index < -0.39 is 0 Å². The molecule has 0 N–H and O–H groups in total. The van der Waals surface area contributed by atoms with Crippen molar-refractivity contribution in [3.05, 3.63) is 47.5 Å². The van der Waals surface area contributed by atoms with Crippen LogP contribution in [-0.4, -0.2) is 23.3 Å². The first-order valence-electron chi connectivity index (χ1n) is 5.36. The number of carbonyl (C=O) groups is 2. The van der Waals surface area contributed by atoms with Gasteiger partial charge >= 0.3 is 0 Å². The summed E-state index contributed by atoms with van der Waals surface area (Å²) in [6.45, 7) is 2.37. The van der Waals surface area contributed by atoms with Crippen LogP contribution in [0.25, 0.3) is 0 Å². The van der Waals surface area contributed by atoms with Gasteiger partial charge in [-0.3, -0.25) is 14.5 Å². The van der Waals surface area contributed by atoms with E-state index in [-0.39, 0.29) is 11.8 Å². The molecule has 3 nitrogen and oxygen atoms in total. The molecular weight excluding hydrogens is 202 g/mol. The zero-order valence-corrected chi connectivity index (χ0v) is 9.14. The minimum atomic E-state index is -0.193. The van der Waals surface area contributed by atoms with Crippen molar-refractivity contribution in [2.75, 3.05) is 6.54 Å². The number of imide groups is 1. The Balaban J connectivity index is 2.25. The summed E-state index contributed by atoms with van der Waals surface area (Å²) in [7, 11) is 0. The van der Waals surface area contributed by atoms with E-state index in [1.54, 1.807) is 24.3 Å². The normalized spacial score (nSPS) is 14.9. The van der Waals surface area contributed by atoms with Gasteiger partial charge in [0.1, 0.15) is 0 Å². The first kappa shape index (κ1) is 10.6. The van der Waals surface area contributed by atoms with Crippen LogP contribution in [0.3, 0.4) is 0 Å². The summed E-state index contributed by atoms with van der Waals surface area (Å²) >= 11 is 0. The zero-order chi connectivity index (χ0) is 11.5. The van der Waals surface area contributed by atoms with Gasteiger partial charge in [0.25, 0.3) is 11.8 Å². The maximum absolute atomic E-state index is 11.9. The molecule has 2 rings (SSSR count). The summed E-state index contributed by atoms with van der Waals surface area (Å²) in [5.74, 6) is -0.386. The molecule has 1 aromatic carbocycles. The lowest BCUT2D eigenvalue weighted by Crippen LogP contribution is -2.29. The highest BCUT2D eigenvalue weighted by molar-refractivity contribution is 6.21. The van der Waals surface area contributed by atoms with E-state index in [4.69, 9.17) is 0 Å². The summed E-state index contributed by atoms with van der Waals surface area (Å²) in [6.07, 6.45) is 4.70. The maximum Gasteiger partial charge on any atom is 0.261 e. The molecule has 82 valence electrons. The lowest BCUT2D eigenvalue weighted by Gasteiger charge is -2.09. The van der Waals surface area contributed by atoms with Gasteiger partial charge in [0.05, 0.1) is 11.1 Å². The fourth-order valence-corrected chi connectivity index (χ4v) is 1.75. The van der Waals surface area contributed by atoms with E-state index in [1.807, 2.05) is 19.1 Å². The Morgan fingerprint density at radius 2 is 1.62 bits per heavy atom. The number of nitrogens with zero attached hydrogens (tertiary/aromatic N) is 1. The number of fused-ring (bicyclic) bond motifs is 1. The van der Waals surface area contributed by atoms with Gasteiger partial charge in [-0.25, -0.2) is 0 Å². The van der Waals surface area contributed by atoms with Crippen LogP contribution in [0.2, 0.25) is 0 Å². The zero-order valence-electron chi connectivity index (χ0n) is 9.14. The van der Waals surface area contributed by atoms with Crippen molar-refractivity contribution in [3.8, 4) is 0 Å². The van der Waals surface area contributed by atoms with E-state index in [0.717, 1.165) is 6.42 Å². The SMILES string of the molecule is CC/C=C\CN1C(=O)c2ccccc2C1=O. The second-order valence-electron chi connectivity index (χ2n) is 3.65. The molecule has 0 spiro atoms. The molecule has 1 aliphatic rings. The summed E-state index contributed by atoms with van der Waals surface area (Å²) in [4.78, 5) is 25.0. The van der Waals surface area contributed by atoms with E-state index in [1.165, 1.54) is 4.90 Å². The van der Waals surface area contributed by atoms with Gasteiger partial charge < -0.3 is 0 Å². The van der Waals surface area contributed by atoms with Gasteiger partial charge in [0, 0.05) is 6.54 Å². The van der Waals surface area contributed by atoms with Gasteiger partial charge in [-0.2, -0.15) is 0 Å². The smallest absolute Gasteiger partial charge is 0.261 e. The number of hydrogen-bond donors (Lipinski definition) is 0. The number of rotatable bonds is 3. The van der Waals surface area contributed by atoms with E-state index in [0.29, 0.717) is 17.7 Å². The summed E-state index contributed by atoms with van der Waals surface area (Å²) in [5, 5.41) is 0. The average molecular weight is 215 g/mol. The summed E-state index contributed by atoms with van der Waals surface area (Å²) in [6, 6.07) is 6.93. The third kappa shape index (κ3) is 1.65. The molecule has 1 aliphatic heterocycles. The first-order chi connectivity index (χ1) is 7.75. The lowest BCUT2D eigenvalue weighted by molar-refractivity contribution is 0.0672. The van der Waals surface area contributed by atoms with Gasteiger partial charge in [0.2, 0.25) is 0 Å². The van der Waals surface area contributed by atoms with Gasteiger partial charge in [0.15, 0.2) is 0 Å². The Labute approximate surface area is 94.4 Å². The highest BCUT2D eigenvalue weighted by atomic mass is 16.2. The van der Waals surface area contributed by atoms with Gasteiger partial charge in [-0.15, -0.1) is 0 Å². The predicted molar refractivity (Wildman–Crippen MR) is 61.2 cm³/mol. The fourth-order valence-electron chi connectivity index (χ4n) is 1.75. The largest absolute Gasteiger partial charge is 0.270 e. The van der Waals surface area contributed by atoms with Crippen LogP contribution in [0, 0.1) is 0 Å². The second kappa shape index (κ2) is 4.31. The molecule has 0 atom stereocenters. The summed E-state index contributed by atoms with van der Waals surface area (Å²) in [5.41, 5.74) is 1.02. The van der Waals surface area contributed by atoms with Crippen LogP contribution in [-0.2, 0) is 0 Å². The van der Waals surface area contributed by atoms with E-state index in [2.05, 4.69) is 0 Å². The lowest BCUT2D eigenvalue weighted by atomic mass is 10.1. The average Bonchev–Trinajstić information content (AvgIpc) is 2.55. The van der Waals surface area contributed by atoms with Crippen LogP contribution in [0.4, 0.5) is 0 Å². The molecule has 1 aromatic rings. The molecule has 2 amide bonds. The minimum absolute atomic E-state index is 0.193. The fraction of sp³-hybridized carbons (Fsp3) is 0.231. The third-order valence-corrected chi connectivity index (χ3v) is 2.57. The highest BCUT2D eigenvalue weighted by Crippen LogP contribution is 2.21. The van der Waals surface area contributed by atoms with Crippen molar-refractivity contribution in [1.29, 1.82) is 0 Å². The molecule has 3 heteroatoms. The van der Waals surface area contributed by atoms with Crippen molar-refractivity contribution in [2.24, 2.45) is 0 Å². The molecular formula is C13H13NO2. The van der Waals surface area contributed by atoms with Gasteiger partial charge in [-0.05, 0) is 18.6 Å². The highest BCUT2D eigenvalue weighted by Gasteiger charge is 2.33. The topological polar surface area (TPSA) is 37.4 Å².